The van der Waals surface area contributed by atoms with Crippen LogP contribution < -0.4 is 11.2 Å². The van der Waals surface area contributed by atoms with E-state index in [1.165, 1.54) is 7.11 Å². The molecule has 0 aliphatic rings. The van der Waals surface area contributed by atoms with Crippen LogP contribution in [0.25, 0.3) is 22.2 Å². The van der Waals surface area contributed by atoms with Crippen LogP contribution in [0, 0.1) is 0 Å². The second-order valence-corrected chi connectivity index (χ2v) is 7.03. The van der Waals surface area contributed by atoms with Crippen molar-refractivity contribution in [1.29, 1.82) is 0 Å². The van der Waals surface area contributed by atoms with E-state index in [0.717, 1.165) is 16.7 Å². The van der Waals surface area contributed by atoms with Crippen LogP contribution in [0.3, 0.4) is 0 Å². The van der Waals surface area contributed by atoms with E-state index in [1.54, 1.807) is 28.8 Å². The van der Waals surface area contributed by atoms with E-state index in [4.69, 9.17) is 15.7 Å². The van der Waals surface area contributed by atoms with Gasteiger partial charge in [0.15, 0.2) is 5.84 Å². The second kappa shape index (κ2) is 8.78. The molecule has 1 aromatic heterocycles. The summed E-state index contributed by atoms with van der Waals surface area (Å²) in [6.07, 6.45) is 0. The maximum absolute atomic E-state index is 12.3. The minimum absolute atomic E-state index is 0.0311. The molecule has 0 atom stereocenters. The smallest absolute Gasteiger partial charge is 0.340 e. The number of fused-ring (bicyclic) bond motifs is 1. The second-order valence-electron chi connectivity index (χ2n) is 7.03. The van der Waals surface area contributed by atoms with Crippen molar-refractivity contribution in [3.05, 3.63) is 83.4 Å². The highest BCUT2D eigenvalue weighted by Crippen LogP contribution is 2.27. The average Bonchev–Trinajstić information content (AvgIpc) is 3.21. The Morgan fingerprint density at radius 2 is 1.81 bits per heavy atom. The number of nitrogens with zero attached hydrogens (tertiary/aromatic N) is 3. The number of para-hydroxylation sites is 1. The van der Waals surface area contributed by atoms with Crippen molar-refractivity contribution in [2.75, 3.05) is 12.6 Å². The number of nitrogens with one attached hydrogen (secondary N) is 1. The highest BCUT2D eigenvalue weighted by atomic mass is 16.5. The normalized spacial score (nSPS) is 11.5. The predicted molar refractivity (Wildman–Crippen MR) is 120 cm³/mol. The highest BCUT2D eigenvalue weighted by Gasteiger charge is 2.19. The molecule has 0 saturated heterocycles. The first kappa shape index (κ1) is 20.9. The number of amidine groups is 1. The average molecular weight is 431 g/mol. The molecule has 4 aromatic rings. The van der Waals surface area contributed by atoms with Crippen LogP contribution in [0.2, 0.25) is 0 Å². The number of hydrogen-bond donors (Lipinski definition) is 4. The number of rotatable bonds is 6. The summed E-state index contributed by atoms with van der Waals surface area (Å²) >= 11 is 0. The van der Waals surface area contributed by atoms with Crippen molar-refractivity contribution in [1.82, 2.24) is 9.55 Å². The third-order valence-corrected chi connectivity index (χ3v) is 5.19. The van der Waals surface area contributed by atoms with Crippen molar-refractivity contribution in [3.63, 3.8) is 0 Å². The summed E-state index contributed by atoms with van der Waals surface area (Å²) < 4.78 is 6.61. The van der Waals surface area contributed by atoms with Crippen LogP contribution in [0.5, 0.6) is 0 Å². The maximum atomic E-state index is 12.3. The lowest BCUT2D eigenvalue weighted by Crippen LogP contribution is -2.14. The Morgan fingerprint density at radius 3 is 2.50 bits per heavy atom. The highest BCUT2D eigenvalue weighted by molar-refractivity contribution is 6.03. The first-order chi connectivity index (χ1) is 15.6. The standard InChI is InChI=1S/C23H21N5O4/c1-32-22(29)18-7-4-8-19-20(18)28(23(25-19)27-31)13-14-9-11-15(12-10-14)16-5-2-3-6-17(16)21(24)26-30/h2-12,30-31H,13H2,1H3,(H2,24,26)(H,25,27). The molecule has 0 aliphatic carbocycles. The van der Waals surface area contributed by atoms with Gasteiger partial charge in [0.2, 0.25) is 5.95 Å². The zero-order valence-corrected chi connectivity index (χ0v) is 17.2. The number of hydrogen-bond acceptors (Lipinski definition) is 7. The van der Waals surface area contributed by atoms with Crippen molar-refractivity contribution in [3.8, 4) is 11.1 Å². The molecule has 0 aliphatic heterocycles. The Morgan fingerprint density at radius 1 is 1.09 bits per heavy atom. The third-order valence-electron chi connectivity index (χ3n) is 5.19. The molecule has 9 heteroatoms. The molecule has 0 amide bonds. The van der Waals surface area contributed by atoms with Crippen LogP contribution in [0.4, 0.5) is 5.95 Å². The fourth-order valence-corrected chi connectivity index (χ4v) is 3.68. The van der Waals surface area contributed by atoms with Gasteiger partial charge in [-0.3, -0.25) is 5.21 Å². The number of aromatic nitrogens is 2. The van der Waals surface area contributed by atoms with Gasteiger partial charge in [-0.15, -0.1) is 0 Å². The number of anilines is 1. The van der Waals surface area contributed by atoms with Crippen LogP contribution in [0.15, 0.2) is 71.9 Å². The Balaban J connectivity index is 1.73. The number of benzene rings is 3. The number of carbonyl (C=O) groups excluding carboxylic acids is 1. The van der Waals surface area contributed by atoms with Crippen molar-refractivity contribution in [2.45, 2.75) is 6.54 Å². The first-order valence-electron chi connectivity index (χ1n) is 9.71. The van der Waals surface area contributed by atoms with Crippen molar-refractivity contribution >= 4 is 28.8 Å². The lowest BCUT2D eigenvalue weighted by molar-refractivity contribution is 0.0602. The van der Waals surface area contributed by atoms with Gasteiger partial charge in [-0.1, -0.05) is 59.8 Å². The van der Waals surface area contributed by atoms with E-state index in [-0.39, 0.29) is 11.8 Å². The Labute approximate surface area is 183 Å². The Bertz CT molecular complexity index is 1310. The number of nitrogens with two attached hydrogens (primary N) is 1. The summed E-state index contributed by atoms with van der Waals surface area (Å²) in [6, 6.07) is 20.2. The Hall–Kier alpha value is -4.37. The van der Waals surface area contributed by atoms with Crippen LogP contribution in [-0.4, -0.2) is 38.9 Å². The van der Waals surface area contributed by atoms with Crippen LogP contribution in [0.1, 0.15) is 21.5 Å². The molecule has 0 spiro atoms. The largest absolute Gasteiger partial charge is 0.465 e. The quantitative estimate of drug-likeness (QED) is 0.121. The third kappa shape index (κ3) is 3.72. The zero-order chi connectivity index (χ0) is 22.7. The Kier molecular flexibility index (Phi) is 5.73. The lowest BCUT2D eigenvalue weighted by atomic mass is 9.98. The molecular weight excluding hydrogens is 410 g/mol. The minimum Gasteiger partial charge on any atom is -0.465 e. The lowest BCUT2D eigenvalue weighted by Gasteiger charge is -2.12. The van der Waals surface area contributed by atoms with Crippen molar-refractivity contribution < 1.29 is 19.9 Å². The monoisotopic (exact) mass is 431 g/mol. The van der Waals surface area contributed by atoms with Gasteiger partial charge in [-0.2, -0.15) is 0 Å². The molecule has 0 unspecified atom stereocenters. The molecule has 1 heterocycles. The molecule has 162 valence electrons. The van der Waals surface area contributed by atoms with E-state index in [0.29, 0.717) is 28.7 Å². The number of esters is 1. The molecule has 0 fully saturated rings. The minimum atomic E-state index is -0.490. The first-order valence-corrected chi connectivity index (χ1v) is 9.71. The number of ether oxygens (including phenoxy) is 1. The molecular formula is C23H21N5O4. The summed E-state index contributed by atoms with van der Waals surface area (Å²) in [5.41, 5.74) is 12.6. The zero-order valence-electron chi connectivity index (χ0n) is 17.2. The van der Waals surface area contributed by atoms with Gasteiger partial charge in [-0.05, 0) is 28.8 Å². The summed E-state index contributed by atoms with van der Waals surface area (Å²) in [5.74, 6) is -0.252. The van der Waals surface area contributed by atoms with Gasteiger partial charge in [0.05, 0.1) is 30.3 Å². The molecule has 32 heavy (non-hydrogen) atoms. The molecule has 9 nitrogen and oxygen atoms in total. The number of imidazole rings is 1. The van der Waals surface area contributed by atoms with Gasteiger partial charge in [0.25, 0.3) is 0 Å². The number of oxime groups is 1. The summed E-state index contributed by atoms with van der Waals surface area (Å²) in [5, 5.41) is 21.8. The van der Waals surface area contributed by atoms with E-state index in [2.05, 4.69) is 15.6 Å². The fraction of sp³-hybridized carbons (Fsp3) is 0.0870. The molecule has 3 aromatic carbocycles. The predicted octanol–water partition coefficient (Wildman–Crippen LogP) is 3.43. The maximum Gasteiger partial charge on any atom is 0.340 e. The van der Waals surface area contributed by atoms with Gasteiger partial charge in [-0.25, -0.2) is 15.3 Å². The topological polar surface area (TPSA) is 135 Å². The number of carbonyl (C=O) groups is 1. The van der Waals surface area contributed by atoms with Gasteiger partial charge < -0.3 is 20.2 Å². The summed E-state index contributed by atoms with van der Waals surface area (Å²) in [6.45, 7) is 0.343. The van der Waals surface area contributed by atoms with Gasteiger partial charge >= 0.3 is 5.97 Å². The fourth-order valence-electron chi connectivity index (χ4n) is 3.68. The summed E-state index contributed by atoms with van der Waals surface area (Å²) in [4.78, 5) is 16.6. The van der Waals surface area contributed by atoms with E-state index >= 15 is 0 Å². The SMILES string of the molecule is COC(=O)c1cccc2nc(NO)n(Cc3ccc(-c4ccccc4/C(N)=N/O)cc3)c12. The van der Waals surface area contributed by atoms with E-state index in [1.807, 2.05) is 42.5 Å². The number of methoxy groups -OCH3 is 1. The van der Waals surface area contributed by atoms with Crippen molar-refractivity contribution in [2.24, 2.45) is 10.9 Å². The van der Waals surface area contributed by atoms with Crippen LogP contribution >= 0.6 is 0 Å². The van der Waals surface area contributed by atoms with E-state index in [9.17, 15) is 10.0 Å². The van der Waals surface area contributed by atoms with Crippen LogP contribution in [-0.2, 0) is 11.3 Å². The van der Waals surface area contributed by atoms with Gasteiger partial charge in [0, 0.05) is 5.56 Å². The molecule has 5 N–H and O–H groups in total. The molecule has 0 saturated carbocycles. The van der Waals surface area contributed by atoms with E-state index < -0.39 is 5.97 Å². The van der Waals surface area contributed by atoms with Gasteiger partial charge in [0.1, 0.15) is 0 Å². The molecule has 4 rings (SSSR count). The molecule has 0 bridgehead atoms. The molecule has 0 radical (unpaired) electrons. The summed E-state index contributed by atoms with van der Waals surface area (Å²) in [7, 11) is 1.32.